The number of hydrogen-bond donors (Lipinski definition) is 3. The number of nitrogens with one attached hydrogen (secondary N) is 1. The highest BCUT2D eigenvalue weighted by molar-refractivity contribution is 5.74. The number of aliphatic hydroxyl groups excluding tert-OH is 2. The molecule has 2 amide bonds. The van der Waals surface area contributed by atoms with Gasteiger partial charge in [0.15, 0.2) is 0 Å². The van der Waals surface area contributed by atoms with Gasteiger partial charge in [-0.1, -0.05) is 0 Å². The number of carbonyl (C=O) groups excluding carboxylic acids is 1. The molecule has 0 radical (unpaired) electrons. The highest BCUT2D eigenvalue weighted by atomic mass is 16.3. The maximum absolute atomic E-state index is 11.3. The highest BCUT2D eigenvalue weighted by Gasteiger charge is 2.32. The normalized spacial score (nSPS) is 28.2. The van der Waals surface area contributed by atoms with Gasteiger partial charge in [-0.25, -0.2) is 4.79 Å². The van der Waals surface area contributed by atoms with E-state index in [4.69, 9.17) is 0 Å². The van der Waals surface area contributed by atoms with Gasteiger partial charge in [-0.15, -0.1) is 0 Å². The van der Waals surface area contributed by atoms with Gasteiger partial charge in [0.2, 0.25) is 0 Å². The van der Waals surface area contributed by atoms with Gasteiger partial charge < -0.3 is 20.4 Å². The lowest BCUT2D eigenvalue weighted by molar-refractivity contribution is 0.0572. The molecule has 1 saturated heterocycles. The van der Waals surface area contributed by atoms with Crippen LogP contribution in [0.25, 0.3) is 0 Å². The Morgan fingerprint density at radius 2 is 1.85 bits per heavy atom. The molecule has 2 atom stereocenters. The molecular weight excluding hydrogens is 172 g/mol. The van der Waals surface area contributed by atoms with Crippen molar-refractivity contribution in [3.63, 3.8) is 0 Å². The number of urea groups is 1. The van der Waals surface area contributed by atoms with Crippen molar-refractivity contribution in [2.75, 3.05) is 13.1 Å². The van der Waals surface area contributed by atoms with Gasteiger partial charge in [0, 0.05) is 6.04 Å². The number of aliphatic hydroxyl groups is 2. The zero-order chi connectivity index (χ0) is 10.0. The summed E-state index contributed by atoms with van der Waals surface area (Å²) < 4.78 is 0. The summed E-state index contributed by atoms with van der Waals surface area (Å²) in [6.07, 6.45) is -1.61. The minimum atomic E-state index is -0.807. The predicted molar refractivity (Wildman–Crippen MR) is 47.3 cm³/mol. The molecule has 0 unspecified atom stereocenters. The number of likely N-dealkylation sites (tertiary alicyclic amines) is 1. The Hall–Kier alpha value is -0.810. The van der Waals surface area contributed by atoms with Crippen LogP contribution < -0.4 is 5.32 Å². The maximum Gasteiger partial charge on any atom is 0.317 e. The Morgan fingerprint density at radius 3 is 2.23 bits per heavy atom. The number of β-amino-alcohol motifs (C(OH)–C–C–N with tert-alkyl or cyclic N) is 2. The van der Waals surface area contributed by atoms with Crippen LogP contribution in [0.2, 0.25) is 0 Å². The largest absolute Gasteiger partial charge is 0.388 e. The summed E-state index contributed by atoms with van der Waals surface area (Å²) in [4.78, 5) is 12.8. The average molecular weight is 188 g/mol. The van der Waals surface area contributed by atoms with Crippen molar-refractivity contribution >= 4 is 6.03 Å². The lowest BCUT2D eigenvalue weighted by Gasteiger charge is -2.18. The Morgan fingerprint density at radius 1 is 1.38 bits per heavy atom. The number of carbonyl (C=O) groups is 1. The topological polar surface area (TPSA) is 72.8 Å². The molecule has 0 bridgehead atoms. The second kappa shape index (κ2) is 3.93. The van der Waals surface area contributed by atoms with E-state index < -0.39 is 12.2 Å². The number of nitrogens with zero attached hydrogens (tertiary/aromatic N) is 1. The van der Waals surface area contributed by atoms with E-state index in [1.54, 1.807) is 0 Å². The fourth-order valence-corrected chi connectivity index (χ4v) is 1.27. The third kappa shape index (κ3) is 2.57. The standard InChI is InChI=1S/C8H16N2O3/c1-5(2)9-8(13)10-3-6(11)7(12)4-10/h5-7,11-12H,3-4H2,1-2H3,(H,9,13)/t6-,7+. The zero-order valence-corrected chi connectivity index (χ0v) is 7.90. The number of rotatable bonds is 1. The van der Waals surface area contributed by atoms with E-state index >= 15 is 0 Å². The molecule has 1 aliphatic rings. The van der Waals surface area contributed by atoms with Crippen LogP contribution in [-0.4, -0.2) is 52.5 Å². The SMILES string of the molecule is CC(C)NC(=O)N1C[C@@H](O)[C@@H](O)C1. The first kappa shape index (κ1) is 10.3. The fraction of sp³-hybridized carbons (Fsp3) is 0.875. The second-order valence-corrected chi connectivity index (χ2v) is 3.64. The van der Waals surface area contributed by atoms with E-state index in [0.717, 1.165) is 0 Å². The summed E-state index contributed by atoms with van der Waals surface area (Å²) in [6.45, 7) is 4.14. The Balaban J connectivity index is 2.42. The molecule has 0 aromatic rings. The van der Waals surface area contributed by atoms with Gasteiger partial charge in [0.05, 0.1) is 25.3 Å². The molecular formula is C8H16N2O3. The van der Waals surface area contributed by atoms with Crippen molar-refractivity contribution in [1.29, 1.82) is 0 Å². The van der Waals surface area contributed by atoms with Crippen molar-refractivity contribution in [2.24, 2.45) is 0 Å². The summed E-state index contributed by atoms with van der Waals surface area (Å²) >= 11 is 0. The molecule has 13 heavy (non-hydrogen) atoms. The van der Waals surface area contributed by atoms with Crippen molar-refractivity contribution in [3.05, 3.63) is 0 Å². The Kier molecular flexibility index (Phi) is 3.11. The van der Waals surface area contributed by atoms with Gasteiger partial charge in [-0.2, -0.15) is 0 Å². The van der Waals surface area contributed by atoms with Crippen LogP contribution in [0.15, 0.2) is 0 Å². The van der Waals surface area contributed by atoms with Crippen molar-refractivity contribution in [2.45, 2.75) is 32.1 Å². The molecule has 1 heterocycles. The van der Waals surface area contributed by atoms with Crippen molar-refractivity contribution in [1.82, 2.24) is 10.2 Å². The molecule has 5 heteroatoms. The van der Waals surface area contributed by atoms with Crippen molar-refractivity contribution < 1.29 is 15.0 Å². The molecule has 76 valence electrons. The van der Waals surface area contributed by atoms with Gasteiger partial charge in [-0.05, 0) is 13.8 Å². The summed E-state index contributed by atoms with van der Waals surface area (Å²) in [7, 11) is 0. The molecule has 1 fully saturated rings. The van der Waals surface area contributed by atoms with Gasteiger partial charge in [0.25, 0.3) is 0 Å². The first-order valence-electron chi connectivity index (χ1n) is 4.42. The first-order valence-corrected chi connectivity index (χ1v) is 4.42. The lowest BCUT2D eigenvalue weighted by Crippen LogP contribution is -2.42. The number of hydrogen-bond acceptors (Lipinski definition) is 3. The Labute approximate surface area is 77.3 Å². The van der Waals surface area contributed by atoms with Crippen LogP contribution in [0.1, 0.15) is 13.8 Å². The van der Waals surface area contributed by atoms with Crippen LogP contribution in [0.5, 0.6) is 0 Å². The molecule has 1 aliphatic heterocycles. The summed E-state index contributed by atoms with van der Waals surface area (Å²) in [5, 5.41) is 21.0. The van der Waals surface area contributed by atoms with E-state index in [2.05, 4.69) is 5.32 Å². The van der Waals surface area contributed by atoms with Crippen LogP contribution in [-0.2, 0) is 0 Å². The van der Waals surface area contributed by atoms with Crippen LogP contribution in [0, 0.1) is 0 Å². The molecule has 0 aromatic heterocycles. The van der Waals surface area contributed by atoms with Crippen LogP contribution in [0.4, 0.5) is 4.79 Å². The van der Waals surface area contributed by atoms with Crippen LogP contribution >= 0.6 is 0 Å². The van der Waals surface area contributed by atoms with Crippen LogP contribution in [0.3, 0.4) is 0 Å². The van der Waals surface area contributed by atoms with Gasteiger partial charge in [0.1, 0.15) is 0 Å². The second-order valence-electron chi connectivity index (χ2n) is 3.64. The fourth-order valence-electron chi connectivity index (χ4n) is 1.27. The smallest absolute Gasteiger partial charge is 0.317 e. The minimum absolute atomic E-state index is 0.0717. The third-order valence-electron chi connectivity index (χ3n) is 1.96. The predicted octanol–water partition coefficient (Wildman–Crippen LogP) is -0.858. The molecule has 0 aromatic carbocycles. The maximum atomic E-state index is 11.3. The van der Waals surface area contributed by atoms with E-state index in [-0.39, 0.29) is 25.2 Å². The van der Waals surface area contributed by atoms with E-state index in [1.807, 2.05) is 13.8 Å². The van der Waals surface area contributed by atoms with Crippen molar-refractivity contribution in [3.8, 4) is 0 Å². The molecule has 0 saturated carbocycles. The quantitative estimate of drug-likeness (QED) is 0.501. The highest BCUT2D eigenvalue weighted by Crippen LogP contribution is 2.09. The monoisotopic (exact) mass is 188 g/mol. The molecule has 0 spiro atoms. The molecule has 0 aliphatic carbocycles. The zero-order valence-electron chi connectivity index (χ0n) is 7.90. The van der Waals surface area contributed by atoms with Gasteiger partial charge in [-0.3, -0.25) is 0 Å². The Bertz CT molecular complexity index is 186. The summed E-state index contributed by atoms with van der Waals surface area (Å²) in [5.41, 5.74) is 0. The van der Waals surface area contributed by atoms with Gasteiger partial charge >= 0.3 is 6.03 Å². The van der Waals surface area contributed by atoms with E-state index in [9.17, 15) is 15.0 Å². The third-order valence-corrected chi connectivity index (χ3v) is 1.96. The molecule has 5 nitrogen and oxygen atoms in total. The average Bonchev–Trinajstić information content (AvgIpc) is 2.31. The summed E-state index contributed by atoms with van der Waals surface area (Å²) in [5.74, 6) is 0. The van der Waals surface area contributed by atoms with E-state index in [0.29, 0.717) is 0 Å². The number of amides is 2. The van der Waals surface area contributed by atoms with E-state index in [1.165, 1.54) is 4.90 Å². The first-order chi connectivity index (χ1) is 6.00. The molecule has 1 rings (SSSR count). The minimum Gasteiger partial charge on any atom is -0.388 e. The summed E-state index contributed by atoms with van der Waals surface area (Å²) in [6, 6.07) is -0.159. The molecule has 3 N–H and O–H groups in total. The lowest BCUT2D eigenvalue weighted by atomic mass is 10.3.